The summed E-state index contributed by atoms with van der Waals surface area (Å²) in [4.78, 5) is 14.3. The van der Waals surface area contributed by atoms with E-state index in [0.29, 0.717) is 11.6 Å². The van der Waals surface area contributed by atoms with Crippen LogP contribution in [-0.4, -0.2) is 34.5 Å². The number of furan rings is 1. The number of aromatic nitrogens is 1. The SMILES string of the molecule is Cn1ccc2cccc(NC3CCN(C(=O)c4ccoc4)CC3)c21. The summed E-state index contributed by atoms with van der Waals surface area (Å²) in [6, 6.07) is 10.6. The van der Waals surface area contributed by atoms with Crippen molar-refractivity contribution in [2.45, 2.75) is 18.9 Å². The molecule has 1 fully saturated rings. The predicted molar refractivity (Wildman–Crippen MR) is 94.2 cm³/mol. The zero-order chi connectivity index (χ0) is 16.5. The van der Waals surface area contributed by atoms with Crippen LogP contribution in [0.15, 0.2) is 53.5 Å². The fraction of sp³-hybridized carbons (Fsp3) is 0.316. The van der Waals surface area contributed by atoms with E-state index in [-0.39, 0.29) is 5.91 Å². The summed E-state index contributed by atoms with van der Waals surface area (Å²) in [6.07, 6.45) is 7.04. The van der Waals surface area contributed by atoms with Crippen LogP contribution in [0, 0.1) is 0 Å². The monoisotopic (exact) mass is 323 g/mol. The fourth-order valence-electron chi connectivity index (χ4n) is 3.49. The van der Waals surface area contributed by atoms with Crippen LogP contribution in [0.25, 0.3) is 10.9 Å². The highest BCUT2D eigenvalue weighted by molar-refractivity contribution is 5.94. The first-order valence-electron chi connectivity index (χ1n) is 8.34. The largest absolute Gasteiger partial charge is 0.472 e. The van der Waals surface area contributed by atoms with E-state index in [1.165, 1.54) is 22.9 Å². The van der Waals surface area contributed by atoms with Crippen molar-refractivity contribution in [3.63, 3.8) is 0 Å². The molecule has 1 aliphatic heterocycles. The number of hydrogen-bond acceptors (Lipinski definition) is 3. The van der Waals surface area contributed by atoms with E-state index in [4.69, 9.17) is 4.42 Å². The Morgan fingerprint density at radius 3 is 2.79 bits per heavy atom. The molecule has 0 unspecified atom stereocenters. The highest BCUT2D eigenvalue weighted by Gasteiger charge is 2.24. The van der Waals surface area contributed by atoms with Crippen molar-refractivity contribution in [2.24, 2.45) is 7.05 Å². The van der Waals surface area contributed by atoms with Crippen LogP contribution in [0.1, 0.15) is 23.2 Å². The molecule has 4 rings (SSSR count). The van der Waals surface area contributed by atoms with E-state index in [1.807, 2.05) is 4.90 Å². The maximum absolute atomic E-state index is 12.4. The van der Waals surface area contributed by atoms with Gasteiger partial charge in [0.05, 0.1) is 23.0 Å². The standard InChI is InChI=1S/C19H21N3O2/c1-21-9-5-14-3-2-4-17(18(14)21)20-16-6-10-22(11-7-16)19(23)15-8-12-24-13-15/h2-5,8-9,12-13,16,20H,6-7,10-11H2,1H3. The minimum absolute atomic E-state index is 0.0618. The van der Waals surface area contributed by atoms with Gasteiger partial charge < -0.3 is 19.2 Å². The van der Waals surface area contributed by atoms with E-state index in [9.17, 15) is 4.79 Å². The minimum Gasteiger partial charge on any atom is -0.472 e. The smallest absolute Gasteiger partial charge is 0.257 e. The van der Waals surface area contributed by atoms with Crippen molar-refractivity contribution in [2.75, 3.05) is 18.4 Å². The quantitative estimate of drug-likeness (QED) is 0.803. The van der Waals surface area contributed by atoms with Gasteiger partial charge in [0.25, 0.3) is 5.91 Å². The molecular formula is C19H21N3O2. The number of hydrogen-bond donors (Lipinski definition) is 1. The van der Waals surface area contributed by atoms with E-state index in [0.717, 1.165) is 25.9 Å². The Bertz CT molecular complexity index is 843. The molecule has 3 aromatic rings. The number of anilines is 1. The van der Waals surface area contributed by atoms with Crippen LogP contribution in [0.2, 0.25) is 0 Å². The Hall–Kier alpha value is -2.69. The number of benzene rings is 1. The summed E-state index contributed by atoms with van der Waals surface area (Å²) < 4.78 is 7.16. The molecule has 0 bridgehead atoms. The summed E-state index contributed by atoms with van der Waals surface area (Å²) in [6.45, 7) is 1.54. The third kappa shape index (κ3) is 2.66. The first-order chi connectivity index (χ1) is 11.7. The van der Waals surface area contributed by atoms with Crippen molar-refractivity contribution in [3.05, 3.63) is 54.6 Å². The van der Waals surface area contributed by atoms with Crippen LogP contribution < -0.4 is 5.32 Å². The summed E-state index contributed by atoms with van der Waals surface area (Å²) in [7, 11) is 2.07. The molecule has 1 aromatic carbocycles. The summed E-state index contributed by atoms with van der Waals surface area (Å²) >= 11 is 0. The molecule has 124 valence electrons. The van der Waals surface area contributed by atoms with Gasteiger partial charge in [0.1, 0.15) is 6.26 Å². The average Bonchev–Trinajstić information content (AvgIpc) is 3.26. The van der Waals surface area contributed by atoms with Gasteiger partial charge >= 0.3 is 0 Å². The number of amides is 1. The number of rotatable bonds is 3. The van der Waals surface area contributed by atoms with E-state index in [2.05, 4.69) is 47.4 Å². The average molecular weight is 323 g/mol. The van der Waals surface area contributed by atoms with Gasteiger partial charge in [-0.2, -0.15) is 0 Å². The first-order valence-corrected chi connectivity index (χ1v) is 8.34. The molecule has 0 atom stereocenters. The van der Waals surface area contributed by atoms with Gasteiger partial charge in [-0.3, -0.25) is 4.79 Å². The van der Waals surface area contributed by atoms with Crippen LogP contribution in [0.4, 0.5) is 5.69 Å². The van der Waals surface area contributed by atoms with Gasteiger partial charge in [-0.25, -0.2) is 0 Å². The van der Waals surface area contributed by atoms with E-state index >= 15 is 0 Å². The molecule has 1 aliphatic rings. The first kappa shape index (κ1) is 14.9. The highest BCUT2D eigenvalue weighted by Crippen LogP contribution is 2.26. The molecule has 0 spiro atoms. The number of nitrogens with one attached hydrogen (secondary N) is 1. The number of fused-ring (bicyclic) bond motifs is 1. The topological polar surface area (TPSA) is 50.4 Å². The number of carbonyl (C=O) groups excluding carboxylic acids is 1. The van der Waals surface area contributed by atoms with Gasteiger partial charge in [0.15, 0.2) is 0 Å². The van der Waals surface area contributed by atoms with Crippen LogP contribution in [0.3, 0.4) is 0 Å². The third-order valence-corrected chi connectivity index (χ3v) is 4.81. The van der Waals surface area contributed by atoms with Crippen LogP contribution in [-0.2, 0) is 7.05 Å². The lowest BCUT2D eigenvalue weighted by Gasteiger charge is -2.33. The van der Waals surface area contributed by atoms with Crippen molar-refractivity contribution >= 4 is 22.5 Å². The Balaban J connectivity index is 1.43. The molecule has 5 heteroatoms. The highest BCUT2D eigenvalue weighted by atomic mass is 16.3. The van der Waals surface area contributed by atoms with Crippen molar-refractivity contribution < 1.29 is 9.21 Å². The molecule has 0 radical (unpaired) electrons. The number of carbonyl (C=O) groups is 1. The second-order valence-electron chi connectivity index (χ2n) is 6.39. The van der Waals surface area contributed by atoms with Crippen LogP contribution >= 0.6 is 0 Å². The fourth-order valence-corrected chi connectivity index (χ4v) is 3.49. The molecule has 5 nitrogen and oxygen atoms in total. The Labute approximate surface area is 140 Å². The third-order valence-electron chi connectivity index (χ3n) is 4.81. The lowest BCUT2D eigenvalue weighted by atomic mass is 10.0. The molecule has 1 N–H and O–H groups in total. The maximum atomic E-state index is 12.4. The number of nitrogens with zero attached hydrogens (tertiary/aromatic N) is 2. The van der Waals surface area contributed by atoms with Gasteiger partial charge in [0, 0.05) is 37.8 Å². The molecule has 3 heterocycles. The van der Waals surface area contributed by atoms with Gasteiger partial charge in [0.2, 0.25) is 0 Å². The second-order valence-corrected chi connectivity index (χ2v) is 6.39. The summed E-state index contributed by atoms with van der Waals surface area (Å²) in [5.41, 5.74) is 3.03. The Morgan fingerprint density at radius 1 is 1.21 bits per heavy atom. The Morgan fingerprint density at radius 2 is 2.04 bits per heavy atom. The molecule has 24 heavy (non-hydrogen) atoms. The van der Waals surface area contributed by atoms with Crippen molar-refractivity contribution in [1.29, 1.82) is 0 Å². The lowest BCUT2D eigenvalue weighted by molar-refractivity contribution is 0.0718. The molecule has 1 amide bonds. The predicted octanol–water partition coefficient (Wildman–Crippen LogP) is 3.49. The zero-order valence-corrected chi connectivity index (χ0v) is 13.7. The molecule has 0 aliphatic carbocycles. The molecule has 1 saturated heterocycles. The number of piperidine rings is 1. The lowest BCUT2D eigenvalue weighted by Crippen LogP contribution is -2.42. The second kappa shape index (κ2) is 6.07. The van der Waals surface area contributed by atoms with E-state index in [1.54, 1.807) is 12.3 Å². The van der Waals surface area contributed by atoms with Gasteiger partial charge in [-0.05, 0) is 31.0 Å². The summed E-state index contributed by atoms with van der Waals surface area (Å²) in [5.74, 6) is 0.0618. The van der Waals surface area contributed by atoms with Crippen molar-refractivity contribution in [3.8, 4) is 0 Å². The van der Waals surface area contributed by atoms with Gasteiger partial charge in [-0.15, -0.1) is 0 Å². The molecule has 0 saturated carbocycles. The van der Waals surface area contributed by atoms with Gasteiger partial charge in [-0.1, -0.05) is 12.1 Å². The number of aryl methyl sites for hydroxylation is 1. The molecule has 2 aromatic heterocycles. The normalized spacial score (nSPS) is 15.8. The zero-order valence-electron chi connectivity index (χ0n) is 13.7. The van der Waals surface area contributed by atoms with E-state index < -0.39 is 0 Å². The van der Waals surface area contributed by atoms with Crippen LogP contribution in [0.5, 0.6) is 0 Å². The number of para-hydroxylation sites is 1. The van der Waals surface area contributed by atoms with Crippen molar-refractivity contribution in [1.82, 2.24) is 9.47 Å². The summed E-state index contributed by atoms with van der Waals surface area (Å²) in [5, 5.41) is 4.91. The minimum atomic E-state index is 0.0618. The number of likely N-dealkylation sites (tertiary alicyclic amines) is 1. The maximum Gasteiger partial charge on any atom is 0.257 e. The molecular weight excluding hydrogens is 302 g/mol. The Kier molecular flexibility index (Phi) is 3.76.